The van der Waals surface area contributed by atoms with Crippen molar-refractivity contribution in [2.24, 2.45) is 31.3 Å². The molecule has 14 heteroatoms. The number of nitrogens with one attached hydrogen (secondary N) is 1. The Hall–Kier alpha value is -5.69. The highest BCUT2D eigenvalue weighted by molar-refractivity contribution is 6.12. The molecule has 4 heterocycles. The van der Waals surface area contributed by atoms with Crippen LogP contribution in [0.15, 0.2) is 73.3 Å². The van der Waals surface area contributed by atoms with Crippen LogP contribution in [0.5, 0.6) is 0 Å². The summed E-state index contributed by atoms with van der Waals surface area (Å²) in [6.07, 6.45) is 11.9. The van der Waals surface area contributed by atoms with Gasteiger partial charge in [0.05, 0.1) is 11.3 Å². The van der Waals surface area contributed by atoms with Crippen LogP contribution in [-0.4, -0.2) is 59.0 Å². The maximum atomic E-state index is 13.5. The molecule has 0 radical (unpaired) electrons. The van der Waals surface area contributed by atoms with E-state index >= 15 is 0 Å². The quantitative estimate of drug-likeness (QED) is 0.119. The highest BCUT2D eigenvalue weighted by Crippen LogP contribution is 2.46. The Morgan fingerprint density at radius 1 is 0.836 bits per heavy atom. The fraction of sp³-hybridized carbons (Fsp3) is 0.447. The zero-order valence-electron chi connectivity index (χ0n) is 36.2. The van der Waals surface area contributed by atoms with Crippen molar-refractivity contribution in [1.82, 2.24) is 28.6 Å². The molecule has 13 nitrogen and oxygen atoms in total. The van der Waals surface area contributed by atoms with Crippen molar-refractivity contribution >= 4 is 57.8 Å². The first kappa shape index (κ1) is 43.4. The second-order valence-corrected chi connectivity index (χ2v) is 17.8. The maximum absolute atomic E-state index is 13.5. The van der Waals surface area contributed by atoms with Crippen LogP contribution in [0.4, 0.5) is 4.79 Å². The Labute approximate surface area is 362 Å². The van der Waals surface area contributed by atoms with E-state index in [4.69, 9.17) is 9.47 Å². The lowest BCUT2D eigenvalue weighted by molar-refractivity contribution is -0.732. The highest BCUT2D eigenvalue weighted by atomic mass is 35.5. The zero-order chi connectivity index (χ0) is 42.5. The summed E-state index contributed by atoms with van der Waals surface area (Å²) in [5, 5.41) is 4.82. The third-order valence-corrected chi connectivity index (χ3v) is 12.8. The number of aromatic nitrogens is 6. The van der Waals surface area contributed by atoms with E-state index in [9.17, 15) is 19.2 Å². The molecule has 0 aliphatic heterocycles. The SMILES string of the molecule is Cc1n(CC2CCc3c(c4ccccc4n3C)C2=O)cc[n+]1COC(=O)C1(CNC(=O)OC(C)(C)C)CC1.Cc1nccn1CC1CCc2c(c3ccccc3n2C)C1=O.Cl. The summed E-state index contributed by atoms with van der Waals surface area (Å²) in [5.41, 5.74) is 5.07. The number of hydrogen-bond donors (Lipinski definition) is 1. The molecule has 3 aliphatic rings. The number of ketones is 2. The average Bonchev–Trinajstić information content (AvgIpc) is 3.49. The number of hydrogen-bond acceptors (Lipinski definition) is 7. The van der Waals surface area contributed by atoms with Gasteiger partial charge in [-0.25, -0.2) is 14.3 Å². The number of fused-ring (bicyclic) bond motifs is 6. The predicted molar refractivity (Wildman–Crippen MR) is 234 cm³/mol. The largest absolute Gasteiger partial charge is 0.444 e. The van der Waals surface area contributed by atoms with Crippen molar-refractivity contribution in [3.8, 4) is 0 Å². The van der Waals surface area contributed by atoms with Crippen molar-refractivity contribution in [3.05, 3.63) is 107 Å². The molecule has 1 saturated carbocycles. The third kappa shape index (κ3) is 8.49. The van der Waals surface area contributed by atoms with E-state index in [-0.39, 0.29) is 55.1 Å². The smallest absolute Gasteiger partial charge is 0.407 e. The van der Waals surface area contributed by atoms with E-state index in [0.717, 1.165) is 82.5 Å². The minimum absolute atomic E-state index is 0. The van der Waals surface area contributed by atoms with Crippen LogP contribution < -0.4 is 9.88 Å². The van der Waals surface area contributed by atoms with Crippen LogP contribution in [0.3, 0.4) is 0 Å². The van der Waals surface area contributed by atoms with Crippen molar-refractivity contribution in [1.29, 1.82) is 0 Å². The molecule has 6 aromatic rings. The van der Waals surface area contributed by atoms with E-state index < -0.39 is 17.1 Å². The van der Waals surface area contributed by atoms with Crippen molar-refractivity contribution in [2.45, 2.75) is 98.6 Å². The van der Waals surface area contributed by atoms with Crippen LogP contribution in [-0.2, 0) is 61.0 Å². The number of imidazole rings is 2. The zero-order valence-corrected chi connectivity index (χ0v) is 37.0. The first-order valence-corrected chi connectivity index (χ1v) is 21.0. The topological polar surface area (TPSA) is 135 Å². The van der Waals surface area contributed by atoms with Gasteiger partial charge in [0.15, 0.2) is 11.6 Å². The Bertz CT molecular complexity index is 2640. The number of nitrogens with zero attached hydrogens (tertiary/aromatic N) is 6. The molecule has 322 valence electrons. The van der Waals surface area contributed by atoms with Gasteiger partial charge in [0.2, 0.25) is 6.73 Å². The number of ether oxygens (including phenoxy) is 2. The fourth-order valence-corrected chi connectivity index (χ4v) is 9.05. The van der Waals surface area contributed by atoms with Crippen LogP contribution in [0.25, 0.3) is 21.8 Å². The number of benzene rings is 2. The van der Waals surface area contributed by atoms with Crippen molar-refractivity contribution in [3.63, 3.8) is 0 Å². The number of aryl methyl sites for hydroxylation is 3. The molecule has 0 spiro atoms. The number of para-hydroxylation sites is 2. The first-order valence-electron chi connectivity index (χ1n) is 21.0. The number of esters is 1. The minimum Gasteiger partial charge on any atom is -0.444 e. The number of carbonyl (C=O) groups excluding carboxylic acids is 4. The van der Waals surface area contributed by atoms with Gasteiger partial charge in [-0.3, -0.25) is 14.4 Å². The Kier molecular flexibility index (Phi) is 12.1. The van der Waals surface area contributed by atoms with E-state index in [1.807, 2.05) is 74.4 Å². The summed E-state index contributed by atoms with van der Waals surface area (Å²) < 4.78 is 21.2. The van der Waals surface area contributed by atoms with Gasteiger partial charge in [0.25, 0.3) is 5.82 Å². The lowest BCUT2D eigenvalue weighted by atomic mass is 9.85. The van der Waals surface area contributed by atoms with E-state index in [1.165, 1.54) is 5.69 Å². The molecule has 1 amide bonds. The van der Waals surface area contributed by atoms with Gasteiger partial charge in [-0.15, -0.1) is 12.4 Å². The number of alkyl carbamates (subject to hydrolysis) is 1. The molecule has 2 atom stereocenters. The second kappa shape index (κ2) is 17.0. The fourth-order valence-electron chi connectivity index (χ4n) is 9.05. The molecule has 0 saturated heterocycles. The van der Waals surface area contributed by atoms with Crippen LogP contribution in [0, 0.1) is 31.1 Å². The summed E-state index contributed by atoms with van der Waals surface area (Å²) in [4.78, 5) is 55.6. The van der Waals surface area contributed by atoms with Gasteiger partial charge in [-0.05, 0) is 78.4 Å². The molecule has 4 aromatic heterocycles. The van der Waals surface area contributed by atoms with Gasteiger partial charge in [-0.1, -0.05) is 36.4 Å². The second-order valence-electron chi connectivity index (χ2n) is 17.8. The molecule has 0 bridgehead atoms. The molecule has 1 N–H and O–H groups in total. The number of Topliss-reactive ketones (excluding diaryl/α,β-unsaturated/α-hetero) is 2. The maximum Gasteiger partial charge on any atom is 0.407 e. The molecule has 61 heavy (non-hydrogen) atoms. The average molecular weight is 851 g/mol. The molecule has 2 unspecified atom stereocenters. The summed E-state index contributed by atoms with van der Waals surface area (Å²) in [7, 11) is 4.10. The van der Waals surface area contributed by atoms with Gasteiger partial charge in [-0.2, -0.15) is 4.57 Å². The van der Waals surface area contributed by atoms with Crippen molar-refractivity contribution < 1.29 is 33.2 Å². The predicted octanol–water partition coefficient (Wildman–Crippen LogP) is 7.38. The first-order chi connectivity index (χ1) is 28.7. The van der Waals surface area contributed by atoms with Crippen LogP contribution >= 0.6 is 12.4 Å². The Morgan fingerprint density at radius 3 is 1.89 bits per heavy atom. The summed E-state index contributed by atoms with van der Waals surface area (Å²) in [6.45, 7) is 10.9. The standard InChI is InChI=1S/C29H36N4O5.C18H19N3O.ClH/c1-19-32(16-20-10-11-23-24(25(20)34)21-8-6-7-9-22(21)31(23)5)14-15-33(19)18-37-26(35)29(12-13-29)17-30-27(36)38-28(2,3)4;1-12-19-9-10-21(12)11-13-7-8-16-17(18(13)22)14-5-3-4-6-15(14)20(16)2;/h6-9,14-15,20H,10-13,16-18H2,1-5H3;3-6,9-10,13H,7-8,11H2,1-2H3;1H/p+1. The molecular weight excluding hydrogens is 794 g/mol. The number of amides is 1. The Balaban J connectivity index is 0.000000207. The molecule has 2 aromatic carbocycles. The van der Waals surface area contributed by atoms with Gasteiger partial charge < -0.3 is 28.5 Å². The van der Waals surface area contributed by atoms with E-state index in [1.54, 1.807) is 27.0 Å². The third-order valence-electron chi connectivity index (χ3n) is 12.8. The highest BCUT2D eigenvalue weighted by Gasteiger charge is 2.52. The number of carbonyl (C=O) groups is 4. The molecule has 3 aliphatic carbocycles. The normalized spacial score (nSPS) is 17.8. The monoisotopic (exact) mass is 850 g/mol. The van der Waals surface area contributed by atoms with Gasteiger partial charge in [0.1, 0.15) is 30.4 Å². The lowest BCUT2D eigenvalue weighted by Crippen LogP contribution is -2.42. The molecule has 9 rings (SSSR count). The summed E-state index contributed by atoms with van der Waals surface area (Å²) in [5.74, 6) is 1.98. The summed E-state index contributed by atoms with van der Waals surface area (Å²) >= 11 is 0. The minimum atomic E-state index is -0.682. The lowest BCUT2D eigenvalue weighted by Gasteiger charge is -2.23. The van der Waals surface area contributed by atoms with E-state index in [2.05, 4.69) is 53.8 Å². The van der Waals surface area contributed by atoms with Crippen LogP contribution in [0.2, 0.25) is 0 Å². The van der Waals surface area contributed by atoms with E-state index in [0.29, 0.717) is 19.4 Å². The number of rotatable bonds is 9. The van der Waals surface area contributed by atoms with Gasteiger partial charge in [0, 0.05) is 96.7 Å². The molecular formula is C47H57ClN7O6+. The summed E-state index contributed by atoms with van der Waals surface area (Å²) in [6, 6.07) is 16.3. The number of halogens is 1. The van der Waals surface area contributed by atoms with Gasteiger partial charge >= 0.3 is 12.1 Å². The Morgan fingerprint density at radius 2 is 1.38 bits per heavy atom. The van der Waals surface area contributed by atoms with Crippen LogP contribution in [0.1, 0.15) is 90.2 Å². The molecule has 1 fully saturated rings. The van der Waals surface area contributed by atoms with Crippen molar-refractivity contribution in [2.75, 3.05) is 6.54 Å².